The van der Waals surface area contributed by atoms with Gasteiger partial charge in [-0.1, -0.05) is 32.1 Å². The van der Waals surface area contributed by atoms with Gasteiger partial charge in [0.2, 0.25) is 5.78 Å². The van der Waals surface area contributed by atoms with Crippen LogP contribution in [0, 0.1) is 19.8 Å². The molecule has 1 aromatic rings. The molecule has 2 rings (SSSR count). The van der Waals surface area contributed by atoms with Crippen molar-refractivity contribution in [2.45, 2.75) is 72.1 Å². The molecule has 138 valence electrons. The predicted molar refractivity (Wildman–Crippen MR) is 96.0 cm³/mol. The van der Waals surface area contributed by atoms with E-state index in [2.05, 4.69) is 4.98 Å². The molecule has 0 bridgehead atoms. The number of aryl methyl sites for hydroxylation is 1. The first-order valence-electron chi connectivity index (χ1n) is 9.29. The largest absolute Gasteiger partial charge is 0.457 e. The fourth-order valence-corrected chi connectivity index (χ4v) is 3.86. The number of ketones is 2. The van der Waals surface area contributed by atoms with E-state index in [1.54, 1.807) is 13.8 Å². The number of rotatable bonds is 8. The van der Waals surface area contributed by atoms with Crippen LogP contribution in [-0.4, -0.2) is 29.1 Å². The van der Waals surface area contributed by atoms with Gasteiger partial charge in [0.05, 0.1) is 5.69 Å². The lowest BCUT2D eigenvalue weighted by Gasteiger charge is -2.20. The van der Waals surface area contributed by atoms with Gasteiger partial charge in [0, 0.05) is 17.7 Å². The quantitative estimate of drug-likeness (QED) is 0.561. The van der Waals surface area contributed by atoms with Gasteiger partial charge in [0.25, 0.3) is 0 Å². The minimum Gasteiger partial charge on any atom is -0.457 e. The molecule has 5 heteroatoms. The summed E-state index contributed by atoms with van der Waals surface area (Å²) in [7, 11) is 0. The lowest BCUT2D eigenvalue weighted by molar-refractivity contribution is -0.142. The Labute approximate surface area is 149 Å². The summed E-state index contributed by atoms with van der Waals surface area (Å²) >= 11 is 0. The van der Waals surface area contributed by atoms with Crippen LogP contribution < -0.4 is 0 Å². The third-order valence-electron chi connectivity index (χ3n) is 5.15. The third kappa shape index (κ3) is 5.28. The Morgan fingerprint density at radius 1 is 1.12 bits per heavy atom. The van der Waals surface area contributed by atoms with Gasteiger partial charge in [0.1, 0.15) is 0 Å². The third-order valence-corrected chi connectivity index (χ3v) is 5.15. The number of aromatic nitrogens is 1. The molecule has 5 nitrogen and oxygen atoms in total. The highest BCUT2D eigenvalue weighted by Crippen LogP contribution is 2.27. The molecular formula is C20H29NO4. The molecule has 1 aliphatic carbocycles. The van der Waals surface area contributed by atoms with Gasteiger partial charge in [-0.05, 0) is 45.1 Å². The standard InChI is InChI=1S/C20H29NO4/c1-13-19(15(3)22)14(2)21-20(13)17(23)12-25-18(24)11-7-10-16-8-5-4-6-9-16/h16,21H,4-12H2,1-3H3. The number of nitrogens with one attached hydrogen (secondary N) is 1. The number of aromatic amines is 1. The van der Waals surface area contributed by atoms with Gasteiger partial charge in [-0.2, -0.15) is 0 Å². The highest BCUT2D eigenvalue weighted by atomic mass is 16.5. The summed E-state index contributed by atoms with van der Waals surface area (Å²) in [5, 5.41) is 0. The molecule has 25 heavy (non-hydrogen) atoms. The van der Waals surface area contributed by atoms with E-state index < -0.39 is 0 Å². The van der Waals surface area contributed by atoms with Gasteiger partial charge < -0.3 is 9.72 Å². The second kappa shape index (κ2) is 8.97. The minimum absolute atomic E-state index is 0.0787. The van der Waals surface area contributed by atoms with Crippen LogP contribution in [0.25, 0.3) is 0 Å². The van der Waals surface area contributed by atoms with Crippen molar-refractivity contribution in [3.05, 3.63) is 22.5 Å². The lowest BCUT2D eigenvalue weighted by atomic mass is 9.86. The Kier molecular flexibility index (Phi) is 6.97. The summed E-state index contributed by atoms with van der Waals surface area (Å²) in [5.74, 6) is 0.0494. The monoisotopic (exact) mass is 347 g/mol. The van der Waals surface area contributed by atoms with Crippen molar-refractivity contribution < 1.29 is 19.1 Å². The zero-order valence-corrected chi connectivity index (χ0v) is 15.6. The maximum atomic E-state index is 12.3. The summed E-state index contributed by atoms with van der Waals surface area (Å²) in [4.78, 5) is 38.7. The number of esters is 1. The molecular weight excluding hydrogens is 318 g/mol. The van der Waals surface area contributed by atoms with Gasteiger partial charge in [0.15, 0.2) is 12.4 Å². The van der Waals surface area contributed by atoms with E-state index in [1.807, 2.05) is 0 Å². The zero-order valence-electron chi connectivity index (χ0n) is 15.6. The van der Waals surface area contributed by atoms with Crippen LogP contribution >= 0.6 is 0 Å². The van der Waals surface area contributed by atoms with Crippen LogP contribution in [0.15, 0.2) is 0 Å². The van der Waals surface area contributed by atoms with Crippen LogP contribution in [-0.2, 0) is 9.53 Å². The maximum Gasteiger partial charge on any atom is 0.306 e. The summed E-state index contributed by atoms with van der Waals surface area (Å²) in [6.07, 6.45) is 8.76. The van der Waals surface area contributed by atoms with Crippen LogP contribution in [0.1, 0.15) is 90.4 Å². The van der Waals surface area contributed by atoms with E-state index in [0.29, 0.717) is 28.9 Å². The molecule has 1 heterocycles. The number of H-pyrrole nitrogens is 1. The second-order valence-electron chi connectivity index (χ2n) is 7.16. The topological polar surface area (TPSA) is 76.2 Å². The molecule has 0 unspecified atom stereocenters. The first-order chi connectivity index (χ1) is 11.9. The van der Waals surface area contributed by atoms with E-state index >= 15 is 0 Å². The van der Waals surface area contributed by atoms with Crippen molar-refractivity contribution >= 4 is 17.5 Å². The van der Waals surface area contributed by atoms with Crippen molar-refractivity contribution in [2.75, 3.05) is 6.61 Å². The van der Waals surface area contributed by atoms with Crippen molar-refractivity contribution in [3.8, 4) is 0 Å². The molecule has 0 atom stereocenters. The summed E-state index contributed by atoms with van der Waals surface area (Å²) in [5.41, 5.74) is 2.20. The predicted octanol–water partition coefficient (Wildman–Crippen LogP) is 4.31. The fourth-order valence-electron chi connectivity index (χ4n) is 3.86. The highest BCUT2D eigenvalue weighted by molar-refractivity contribution is 6.04. The second-order valence-corrected chi connectivity index (χ2v) is 7.16. The Hall–Kier alpha value is -1.91. The summed E-state index contributed by atoms with van der Waals surface area (Å²) < 4.78 is 5.12. The van der Waals surface area contributed by atoms with Crippen molar-refractivity contribution in [3.63, 3.8) is 0 Å². The molecule has 1 saturated carbocycles. The van der Waals surface area contributed by atoms with E-state index in [4.69, 9.17) is 4.74 Å². The number of carbonyl (C=O) groups is 3. The molecule has 1 aromatic heterocycles. The number of Topliss-reactive ketones (excluding diaryl/α,β-unsaturated/α-hetero) is 2. The van der Waals surface area contributed by atoms with Gasteiger partial charge in [-0.15, -0.1) is 0 Å². The fraction of sp³-hybridized carbons (Fsp3) is 0.650. The lowest BCUT2D eigenvalue weighted by Crippen LogP contribution is -2.15. The zero-order chi connectivity index (χ0) is 18.4. The number of hydrogen-bond acceptors (Lipinski definition) is 4. The normalized spacial score (nSPS) is 15.2. The van der Waals surface area contributed by atoms with Crippen LogP contribution in [0.4, 0.5) is 0 Å². The van der Waals surface area contributed by atoms with Gasteiger partial charge in [-0.3, -0.25) is 14.4 Å². The minimum atomic E-state index is -0.322. The molecule has 0 aromatic carbocycles. The molecule has 0 saturated heterocycles. The van der Waals surface area contributed by atoms with Gasteiger partial charge >= 0.3 is 5.97 Å². The number of hydrogen-bond donors (Lipinski definition) is 1. The van der Waals surface area contributed by atoms with E-state index in [0.717, 1.165) is 18.8 Å². The van der Waals surface area contributed by atoms with Crippen molar-refractivity contribution in [1.82, 2.24) is 4.98 Å². The molecule has 0 radical (unpaired) electrons. The van der Waals surface area contributed by atoms with E-state index in [9.17, 15) is 14.4 Å². The number of carbonyl (C=O) groups excluding carboxylic acids is 3. The van der Waals surface area contributed by atoms with Crippen LogP contribution in [0.2, 0.25) is 0 Å². The molecule has 0 amide bonds. The van der Waals surface area contributed by atoms with E-state index in [-0.39, 0.29) is 24.1 Å². The average Bonchev–Trinajstić information content (AvgIpc) is 2.88. The summed E-state index contributed by atoms with van der Waals surface area (Å²) in [6, 6.07) is 0. The first-order valence-corrected chi connectivity index (χ1v) is 9.29. The Bertz CT molecular complexity index is 638. The first kappa shape index (κ1) is 19.4. The molecule has 1 N–H and O–H groups in total. The summed E-state index contributed by atoms with van der Waals surface area (Å²) in [6.45, 7) is 4.70. The smallest absolute Gasteiger partial charge is 0.306 e. The van der Waals surface area contributed by atoms with E-state index in [1.165, 1.54) is 39.0 Å². The van der Waals surface area contributed by atoms with Crippen LogP contribution in [0.3, 0.4) is 0 Å². The highest BCUT2D eigenvalue weighted by Gasteiger charge is 2.21. The molecule has 1 aliphatic rings. The van der Waals surface area contributed by atoms with Crippen molar-refractivity contribution in [2.24, 2.45) is 5.92 Å². The Morgan fingerprint density at radius 3 is 2.40 bits per heavy atom. The number of ether oxygens (including phenoxy) is 1. The molecule has 1 fully saturated rings. The van der Waals surface area contributed by atoms with Crippen molar-refractivity contribution in [1.29, 1.82) is 0 Å². The maximum absolute atomic E-state index is 12.3. The Morgan fingerprint density at radius 2 is 1.80 bits per heavy atom. The Balaban J connectivity index is 1.76. The molecule has 0 spiro atoms. The average molecular weight is 347 g/mol. The van der Waals surface area contributed by atoms with Crippen LogP contribution in [0.5, 0.6) is 0 Å². The molecule has 0 aliphatic heterocycles. The SMILES string of the molecule is CC(=O)c1c(C)[nH]c(C(=O)COC(=O)CCCC2CCCCC2)c1C. The van der Waals surface area contributed by atoms with Gasteiger partial charge in [-0.25, -0.2) is 0 Å².